The summed E-state index contributed by atoms with van der Waals surface area (Å²) in [4.78, 5) is 2.34. The molecule has 5 nitrogen and oxygen atoms in total. The van der Waals surface area contributed by atoms with Gasteiger partial charge < -0.3 is 5.73 Å². The van der Waals surface area contributed by atoms with Crippen LogP contribution < -0.4 is 10.4 Å². The topological polar surface area (TPSA) is 59.2 Å². The quantitative estimate of drug-likeness (QED) is 0.814. The summed E-state index contributed by atoms with van der Waals surface area (Å²) in [7, 11) is 0. The molecule has 1 heterocycles. The van der Waals surface area contributed by atoms with E-state index in [1.54, 1.807) is 0 Å². The Balaban J connectivity index is 2.15. The lowest BCUT2D eigenvalue weighted by Crippen LogP contribution is -2.47. The average Bonchev–Trinajstić information content (AvgIpc) is 2.78. The van der Waals surface area contributed by atoms with Crippen LogP contribution >= 0.6 is 0 Å². The molecule has 1 fully saturated rings. The summed E-state index contributed by atoms with van der Waals surface area (Å²) in [5, 5.41) is 4.15. The standard InChI is InChI=1S/C13H25N4O/c1-3-16(4-2)10-12-13(14)18-15-17(12)11-8-6-5-7-9-11/h11H,3-10,14H2,1-2H3/q+1. The van der Waals surface area contributed by atoms with Crippen LogP contribution in [0.15, 0.2) is 4.52 Å². The first kappa shape index (κ1) is 13.3. The molecule has 0 aromatic carbocycles. The van der Waals surface area contributed by atoms with Gasteiger partial charge in [-0.2, -0.15) is 0 Å². The summed E-state index contributed by atoms with van der Waals surface area (Å²) >= 11 is 0. The molecule has 102 valence electrons. The van der Waals surface area contributed by atoms with Crippen LogP contribution in [0, 0.1) is 0 Å². The molecule has 2 rings (SSSR count). The number of nitrogens with zero attached hydrogens (tertiary/aromatic N) is 3. The second-order valence-electron chi connectivity index (χ2n) is 5.08. The Morgan fingerprint density at radius 2 is 1.94 bits per heavy atom. The molecule has 0 saturated heterocycles. The SMILES string of the molecule is CCN(CC)Cc1c(N)on[n+]1C1CCCCC1. The van der Waals surface area contributed by atoms with Gasteiger partial charge in [-0.3, -0.25) is 9.42 Å². The Morgan fingerprint density at radius 3 is 2.56 bits per heavy atom. The largest absolute Gasteiger partial charge is 0.362 e. The highest BCUT2D eigenvalue weighted by molar-refractivity contribution is 5.24. The van der Waals surface area contributed by atoms with Crippen LogP contribution in [-0.4, -0.2) is 23.3 Å². The second-order valence-corrected chi connectivity index (χ2v) is 5.08. The Bertz CT molecular complexity index is 367. The molecular weight excluding hydrogens is 228 g/mol. The number of rotatable bonds is 5. The molecule has 1 aliphatic rings. The molecule has 0 unspecified atom stereocenters. The van der Waals surface area contributed by atoms with Crippen LogP contribution in [0.2, 0.25) is 0 Å². The third-order valence-electron chi connectivity index (χ3n) is 3.98. The first-order chi connectivity index (χ1) is 8.76. The maximum atomic E-state index is 5.93. The lowest BCUT2D eigenvalue weighted by Gasteiger charge is -2.17. The molecule has 1 aliphatic carbocycles. The van der Waals surface area contributed by atoms with E-state index in [2.05, 4.69) is 24.0 Å². The van der Waals surface area contributed by atoms with Gasteiger partial charge in [0.05, 0.1) is 6.54 Å². The van der Waals surface area contributed by atoms with Crippen molar-refractivity contribution in [2.45, 2.75) is 58.5 Å². The van der Waals surface area contributed by atoms with Gasteiger partial charge in [0.1, 0.15) is 0 Å². The minimum atomic E-state index is 0.477. The van der Waals surface area contributed by atoms with Gasteiger partial charge in [0, 0.05) is 12.8 Å². The van der Waals surface area contributed by atoms with Crippen LogP contribution in [0.3, 0.4) is 0 Å². The van der Waals surface area contributed by atoms with Crippen molar-refractivity contribution < 1.29 is 9.20 Å². The number of nitrogen functional groups attached to an aromatic ring is 1. The van der Waals surface area contributed by atoms with Gasteiger partial charge in [0.25, 0.3) is 11.6 Å². The van der Waals surface area contributed by atoms with Crippen LogP contribution in [0.4, 0.5) is 5.88 Å². The zero-order valence-corrected chi connectivity index (χ0v) is 11.6. The van der Waals surface area contributed by atoms with E-state index in [0.29, 0.717) is 11.9 Å². The molecule has 0 aliphatic heterocycles. The average molecular weight is 253 g/mol. The highest BCUT2D eigenvalue weighted by atomic mass is 16.5. The molecule has 0 radical (unpaired) electrons. The summed E-state index contributed by atoms with van der Waals surface area (Å²) in [5.41, 5.74) is 6.98. The fourth-order valence-corrected chi connectivity index (χ4v) is 2.72. The monoisotopic (exact) mass is 253 g/mol. The summed E-state index contributed by atoms with van der Waals surface area (Å²) < 4.78 is 7.24. The lowest BCUT2D eigenvalue weighted by molar-refractivity contribution is -0.793. The summed E-state index contributed by atoms with van der Waals surface area (Å²) in [5.74, 6) is 0.479. The molecule has 0 spiro atoms. The molecule has 0 amide bonds. The smallest absolute Gasteiger partial charge is 0.297 e. The van der Waals surface area contributed by atoms with Crippen LogP contribution in [0.5, 0.6) is 0 Å². The normalized spacial score (nSPS) is 17.5. The zero-order chi connectivity index (χ0) is 13.0. The predicted molar refractivity (Wildman–Crippen MR) is 69.9 cm³/mol. The third-order valence-corrected chi connectivity index (χ3v) is 3.98. The van der Waals surface area contributed by atoms with Crippen LogP contribution in [0.25, 0.3) is 0 Å². The van der Waals surface area contributed by atoms with Crippen molar-refractivity contribution in [3.05, 3.63) is 5.69 Å². The molecule has 2 N–H and O–H groups in total. The van der Waals surface area contributed by atoms with Crippen molar-refractivity contribution in [1.82, 2.24) is 10.2 Å². The molecule has 1 saturated carbocycles. The lowest BCUT2D eigenvalue weighted by atomic mass is 9.95. The highest BCUT2D eigenvalue weighted by Crippen LogP contribution is 2.25. The Labute approximate surface area is 109 Å². The fraction of sp³-hybridized carbons (Fsp3) is 0.846. The van der Waals surface area contributed by atoms with E-state index < -0.39 is 0 Å². The van der Waals surface area contributed by atoms with E-state index in [9.17, 15) is 0 Å². The van der Waals surface area contributed by atoms with E-state index >= 15 is 0 Å². The minimum absolute atomic E-state index is 0.477. The van der Waals surface area contributed by atoms with Crippen molar-refractivity contribution >= 4 is 5.88 Å². The Morgan fingerprint density at radius 1 is 1.28 bits per heavy atom. The van der Waals surface area contributed by atoms with Crippen molar-refractivity contribution in [2.75, 3.05) is 18.8 Å². The van der Waals surface area contributed by atoms with Crippen molar-refractivity contribution in [1.29, 1.82) is 0 Å². The first-order valence-electron chi connectivity index (χ1n) is 7.14. The molecule has 1 aromatic heterocycles. The van der Waals surface area contributed by atoms with Crippen molar-refractivity contribution in [2.24, 2.45) is 0 Å². The van der Waals surface area contributed by atoms with Gasteiger partial charge in [-0.1, -0.05) is 20.3 Å². The van der Waals surface area contributed by atoms with Crippen molar-refractivity contribution in [3.63, 3.8) is 0 Å². The molecular formula is C13H25N4O+. The summed E-state index contributed by atoms with van der Waals surface area (Å²) in [6.45, 7) is 7.20. The Kier molecular flexibility index (Phi) is 4.58. The number of nitrogens with two attached hydrogens (primary N) is 1. The minimum Gasteiger partial charge on any atom is -0.362 e. The molecule has 1 aromatic rings. The molecule has 0 bridgehead atoms. The van der Waals surface area contributed by atoms with Gasteiger partial charge in [0.15, 0.2) is 6.04 Å². The summed E-state index contributed by atoms with van der Waals surface area (Å²) in [6, 6.07) is 0.477. The third kappa shape index (κ3) is 2.83. The number of hydrogen-bond acceptors (Lipinski definition) is 4. The Hall–Kier alpha value is -1.10. The van der Waals surface area contributed by atoms with Gasteiger partial charge in [0.2, 0.25) is 5.27 Å². The van der Waals surface area contributed by atoms with Crippen molar-refractivity contribution in [3.8, 4) is 0 Å². The molecule has 0 atom stereocenters. The maximum absolute atomic E-state index is 5.93. The molecule has 18 heavy (non-hydrogen) atoms. The number of anilines is 1. The van der Waals surface area contributed by atoms with E-state index in [1.165, 1.54) is 32.1 Å². The van der Waals surface area contributed by atoms with E-state index in [0.717, 1.165) is 25.3 Å². The van der Waals surface area contributed by atoms with Gasteiger partial charge in [-0.15, -0.1) is 0 Å². The van der Waals surface area contributed by atoms with Crippen LogP contribution in [0.1, 0.15) is 57.7 Å². The van der Waals surface area contributed by atoms with Crippen LogP contribution in [-0.2, 0) is 6.54 Å². The summed E-state index contributed by atoms with van der Waals surface area (Å²) in [6.07, 6.45) is 6.31. The maximum Gasteiger partial charge on any atom is 0.297 e. The number of aromatic nitrogens is 2. The van der Waals surface area contributed by atoms with E-state index in [1.807, 2.05) is 4.68 Å². The van der Waals surface area contributed by atoms with Gasteiger partial charge in [-0.05, 0) is 30.6 Å². The first-order valence-corrected chi connectivity index (χ1v) is 7.14. The second kappa shape index (κ2) is 6.18. The van der Waals surface area contributed by atoms with E-state index in [4.69, 9.17) is 10.3 Å². The fourth-order valence-electron chi connectivity index (χ4n) is 2.72. The van der Waals surface area contributed by atoms with Gasteiger partial charge >= 0.3 is 0 Å². The van der Waals surface area contributed by atoms with E-state index in [-0.39, 0.29) is 0 Å². The predicted octanol–water partition coefficient (Wildman–Crippen LogP) is 1.89. The highest BCUT2D eigenvalue weighted by Gasteiger charge is 2.32. The zero-order valence-electron chi connectivity index (χ0n) is 11.6. The van der Waals surface area contributed by atoms with Gasteiger partial charge in [-0.25, -0.2) is 0 Å². The molecule has 5 heteroatoms. The number of hydrogen-bond donors (Lipinski definition) is 1.